The number of allylic oxidation sites excluding steroid dienone is 1. The summed E-state index contributed by atoms with van der Waals surface area (Å²) < 4.78 is 15.7. The van der Waals surface area contributed by atoms with E-state index in [0.717, 1.165) is 79.8 Å². The van der Waals surface area contributed by atoms with Gasteiger partial charge in [-0.25, -0.2) is 9.07 Å². The lowest BCUT2D eigenvalue weighted by Crippen LogP contribution is -2.48. The number of halogens is 3. The summed E-state index contributed by atoms with van der Waals surface area (Å²) >= 11 is 13.1. The molecule has 2 aliphatic rings. The Morgan fingerprint density at radius 2 is 1.79 bits per heavy atom. The lowest BCUT2D eigenvalue weighted by molar-refractivity contribution is 0.293. The normalized spacial score (nSPS) is 20.8. The van der Waals surface area contributed by atoms with Gasteiger partial charge < -0.3 is 5.32 Å². The van der Waals surface area contributed by atoms with Crippen LogP contribution >= 0.6 is 23.2 Å². The van der Waals surface area contributed by atoms with Gasteiger partial charge in [-0.3, -0.25) is 4.98 Å². The number of nitrogens with one attached hydrogen (secondary N) is 1. The first-order chi connectivity index (χ1) is 18.5. The molecule has 1 N–H and O–H groups in total. The van der Waals surface area contributed by atoms with Crippen molar-refractivity contribution in [3.8, 4) is 5.69 Å². The smallest absolute Gasteiger partial charge is 0.123 e. The standard InChI is InChI=1S/C31H29Cl2FN4/c32-23-12-15-27(26(33)20-23)38-29-22(19-21-10-13-24(34)14-11-21)7-1-2-8-25(29)30(37-38)31(16-4-6-18-36-31)28-9-3-5-17-35-28/h3,5,9-15,17,19-20,36H,1-2,4,6-8,16,18H2/b22-19+. The summed E-state index contributed by atoms with van der Waals surface area (Å²) in [6.07, 6.45) is 11.1. The molecule has 3 heterocycles. The summed E-state index contributed by atoms with van der Waals surface area (Å²) in [5, 5.41) is 10.3. The van der Waals surface area contributed by atoms with E-state index in [2.05, 4.69) is 17.5 Å². The first kappa shape index (κ1) is 25.3. The van der Waals surface area contributed by atoms with Crippen LogP contribution in [0.1, 0.15) is 66.7 Å². The van der Waals surface area contributed by atoms with Crippen molar-refractivity contribution in [2.45, 2.75) is 50.5 Å². The summed E-state index contributed by atoms with van der Waals surface area (Å²) in [4.78, 5) is 4.82. The van der Waals surface area contributed by atoms with E-state index in [9.17, 15) is 4.39 Å². The highest BCUT2D eigenvalue weighted by atomic mass is 35.5. The van der Waals surface area contributed by atoms with Crippen LogP contribution in [0, 0.1) is 5.82 Å². The maximum atomic E-state index is 13.7. The van der Waals surface area contributed by atoms with Crippen LogP contribution in [0.25, 0.3) is 17.3 Å². The fourth-order valence-corrected chi connectivity index (χ4v) is 6.37. The molecule has 0 bridgehead atoms. The molecule has 4 nitrogen and oxygen atoms in total. The molecule has 4 aromatic rings. The summed E-state index contributed by atoms with van der Waals surface area (Å²) in [6.45, 7) is 0.901. The van der Waals surface area contributed by atoms with Crippen LogP contribution in [-0.2, 0) is 12.0 Å². The number of fused-ring (bicyclic) bond motifs is 1. The van der Waals surface area contributed by atoms with Gasteiger partial charge in [0, 0.05) is 16.8 Å². The van der Waals surface area contributed by atoms with Crippen LogP contribution in [0.5, 0.6) is 0 Å². The molecule has 1 unspecified atom stereocenters. The second-order valence-electron chi connectivity index (χ2n) is 10.1. The van der Waals surface area contributed by atoms with Crippen molar-refractivity contribution in [3.05, 3.63) is 111 Å². The highest BCUT2D eigenvalue weighted by Crippen LogP contribution is 2.43. The topological polar surface area (TPSA) is 42.7 Å². The minimum atomic E-state index is -0.487. The Morgan fingerprint density at radius 3 is 2.53 bits per heavy atom. The first-order valence-corrected chi connectivity index (χ1v) is 14.0. The Morgan fingerprint density at radius 1 is 0.947 bits per heavy atom. The number of hydrogen-bond acceptors (Lipinski definition) is 3. The van der Waals surface area contributed by atoms with Gasteiger partial charge in [-0.1, -0.05) is 41.4 Å². The van der Waals surface area contributed by atoms with Crippen molar-refractivity contribution >= 4 is 34.9 Å². The molecule has 7 heteroatoms. The largest absolute Gasteiger partial charge is 0.301 e. The monoisotopic (exact) mass is 546 g/mol. The predicted octanol–water partition coefficient (Wildman–Crippen LogP) is 8.00. The lowest BCUT2D eigenvalue weighted by Gasteiger charge is -2.37. The lowest BCUT2D eigenvalue weighted by atomic mass is 9.79. The molecular formula is C31H29Cl2FN4. The Balaban J connectivity index is 1.63. The third-order valence-electron chi connectivity index (χ3n) is 7.67. The number of hydrogen-bond donors (Lipinski definition) is 1. The Hall–Kier alpha value is -2.99. The van der Waals surface area contributed by atoms with Crippen LogP contribution in [0.15, 0.2) is 66.9 Å². The highest BCUT2D eigenvalue weighted by Gasteiger charge is 2.43. The third kappa shape index (κ3) is 4.68. The SMILES string of the molecule is Fc1ccc(/C=C2\CCCCc3c(C4(c5ccccn5)CCCCN4)nn(-c4ccc(Cl)cc4Cl)c32)cc1. The van der Waals surface area contributed by atoms with E-state index in [1.807, 2.05) is 47.3 Å². The Kier molecular flexibility index (Phi) is 7.08. The van der Waals surface area contributed by atoms with Crippen LogP contribution in [0.4, 0.5) is 4.39 Å². The predicted molar refractivity (Wildman–Crippen MR) is 152 cm³/mol. The van der Waals surface area contributed by atoms with E-state index >= 15 is 0 Å². The van der Waals surface area contributed by atoms with Crippen molar-refractivity contribution in [3.63, 3.8) is 0 Å². The third-order valence-corrected chi connectivity index (χ3v) is 8.21. The summed E-state index contributed by atoms with van der Waals surface area (Å²) in [5.41, 5.74) is 6.72. The summed E-state index contributed by atoms with van der Waals surface area (Å²) in [7, 11) is 0. The van der Waals surface area contributed by atoms with Gasteiger partial charge in [0.25, 0.3) is 0 Å². The van der Waals surface area contributed by atoms with Crippen molar-refractivity contribution < 1.29 is 4.39 Å². The van der Waals surface area contributed by atoms with E-state index in [0.29, 0.717) is 10.0 Å². The highest BCUT2D eigenvalue weighted by molar-refractivity contribution is 6.35. The van der Waals surface area contributed by atoms with Crippen LogP contribution in [0.3, 0.4) is 0 Å². The zero-order valence-electron chi connectivity index (χ0n) is 21.1. The molecule has 1 atom stereocenters. The maximum absolute atomic E-state index is 13.7. The zero-order valence-corrected chi connectivity index (χ0v) is 22.6. The van der Waals surface area contributed by atoms with E-state index in [-0.39, 0.29) is 5.82 Å². The number of pyridine rings is 1. The summed E-state index contributed by atoms with van der Waals surface area (Å²) in [6, 6.07) is 18.3. The van der Waals surface area contributed by atoms with Crippen molar-refractivity contribution in [2.24, 2.45) is 0 Å². The fourth-order valence-electron chi connectivity index (χ4n) is 5.89. The van der Waals surface area contributed by atoms with E-state index < -0.39 is 5.54 Å². The van der Waals surface area contributed by atoms with Gasteiger partial charge >= 0.3 is 0 Å². The van der Waals surface area contributed by atoms with Crippen molar-refractivity contribution in [1.82, 2.24) is 20.1 Å². The van der Waals surface area contributed by atoms with Gasteiger partial charge in [0.15, 0.2) is 0 Å². The van der Waals surface area contributed by atoms with Gasteiger partial charge in [-0.05, 0) is 111 Å². The van der Waals surface area contributed by atoms with Crippen molar-refractivity contribution in [1.29, 1.82) is 0 Å². The molecule has 1 aliphatic carbocycles. The number of nitrogens with zero attached hydrogens (tertiary/aromatic N) is 3. The van der Waals surface area contributed by atoms with Gasteiger partial charge in [0.1, 0.15) is 11.4 Å². The van der Waals surface area contributed by atoms with Gasteiger partial charge in [-0.2, -0.15) is 5.10 Å². The Bertz CT molecular complexity index is 1470. The second-order valence-corrected chi connectivity index (χ2v) is 11.0. The van der Waals surface area contributed by atoms with E-state index in [1.165, 1.54) is 23.3 Å². The molecular weight excluding hydrogens is 518 g/mol. The molecule has 6 rings (SSSR count). The maximum Gasteiger partial charge on any atom is 0.123 e. The molecule has 1 saturated heterocycles. The Labute approximate surface area is 232 Å². The molecule has 1 aliphatic heterocycles. The zero-order chi connectivity index (χ0) is 26.1. The molecule has 2 aromatic carbocycles. The quantitative estimate of drug-likeness (QED) is 0.263. The molecule has 38 heavy (non-hydrogen) atoms. The van der Waals surface area contributed by atoms with E-state index in [4.69, 9.17) is 33.3 Å². The van der Waals surface area contributed by atoms with Crippen LogP contribution in [-0.4, -0.2) is 21.3 Å². The van der Waals surface area contributed by atoms with Crippen molar-refractivity contribution in [2.75, 3.05) is 6.54 Å². The van der Waals surface area contributed by atoms with Crippen LogP contribution in [0.2, 0.25) is 10.0 Å². The molecule has 0 spiro atoms. The van der Waals surface area contributed by atoms with Gasteiger partial charge in [-0.15, -0.1) is 0 Å². The summed E-state index contributed by atoms with van der Waals surface area (Å²) in [5.74, 6) is -0.241. The first-order valence-electron chi connectivity index (χ1n) is 13.3. The fraction of sp³-hybridized carbons (Fsp3) is 0.290. The molecule has 1 fully saturated rings. The molecule has 0 radical (unpaired) electrons. The molecule has 194 valence electrons. The number of piperidine rings is 1. The second kappa shape index (κ2) is 10.6. The molecule has 0 saturated carbocycles. The number of rotatable bonds is 4. The molecule has 0 amide bonds. The average Bonchev–Trinajstić information content (AvgIpc) is 3.20. The van der Waals surface area contributed by atoms with Crippen LogP contribution < -0.4 is 5.32 Å². The minimum absolute atomic E-state index is 0.241. The van der Waals surface area contributed by atoms with Gasteiger partial charge in [0.2, 0.25) is 0 Å². The number of benzene rings is 2. The number of aromatic nitrogens is 3. The van der Waals surface area contributed by atoms with E-state index in [1.54, 1.807) is 6.07 Å². The van der Waals surface area contributed by atoms with Gasteiger partial charge in [0.05, 0.1) is 27.8 Å². The minimum Gasteiger partial charge on any atom is -0.301 e. The average molecular weight is 548 g/mol. The molecule has 2 aromatic heterocycles.